The van der Waals surface area contributed by atoms with Crippen LogP contribution in [-0.4, -0.2) is 48.2 Å². The second-order valence-corrected chi connectivity index (χ2v) is 7.02. The predicted octanol–water partition coefficient (Wildman–Crippen LogP) is 0.962. The second-order valence-electron chi connectivity index (χ2n) is 5.11. The Kier molecular flexibility index (Phi) is 4.24. The first-order chi connectivity index (χ1) is 9.99. The maximum absolute atomic E-state index is 13.8. The van der Waals surface area contributed by atoms with Gasteiger partial charge in [-0.2, -0.15) is 17.5 Å². The molecule has 0 saturated carbocycles. The average Bonchev–Trinajstić information content (AvgIpc) is 2.81. The molecule has 1 aromatic rings. The van der Waals surface area contributed by atoms with Gasteiger partial charge in [-0.15, -0.1) is 0 Å². The van der Waals surface area contributed by atoms with E-state index < -0.39 is 51.2 Å². The highest BCUT2D eigenvalue weighted by Gasteiger charge is 2.42. The maximum Gasteiger partial charge on any atom is 0.416 e. The van der Waals surface area contributed by atoms with Crippen LogP contribution in [0.25, 0.3) is 0 Å². The third kappa shape index (κ3) is 3.09. The fourth-order valence-electron chi connectivity index (χ4n) is 2.18. The third-order valence-corrected chi connectivity index (χ3v) is 5.35. The minimum absolute atomic E-state index is 0.0506. The lowest BCUT2D eigenvalue weighted by atomic mass is 10.1. The zero-order chi connectivity index (χ0) is 16.8. The van der Waals surface area contributed by atoms with Gasteiger partial charge in [0.05, 0.1) is 12.2 Å². The number of sulfonamides is 1. The van der Waals surface area contributed by atoms with E-state index in [-0.39, 0.29) is 19.0 Å². The number of hydrogen-bond donors (Lipinski definition) is 2. The molecule has 1 heterocycles. The van der Waals surface area contributed by atoms with Crippen molar-refractivity contribution in [2.45, 2.75) is 23.1 Å². The monoisotopic (exact) mass is 343 g/mol. The maximum atomic E-state index is 13.8. The van der Waals surface area contributed by atoms with Gasteiger partial charge in [-0.1, -0.05) is 0 Å². The topological polar surface area (TPSA) is 77.8 Å². The highest BCUT2D eigenvalue weighted by Crippen LogP contribution is 2.33. The summed E-state index contributed by atoms with van der Waals surface area (Å²) in [4.78, 5) is -0.900. The number of rotatable bonds is 3. The summed E-state index contributed by atoms with van der Waals surface area (Å²) in [6, 6.07) is 1.13. The van der Waals surface area contributed by atoms with Crippen molar-refractivity contribution < 1.29 is 36.2 Å². The van der Waals surface area contributed by atoms with Gasteiger partial charge in [0.2, 0.25) is 10.0 Å². The van der Waals surface area contributed by atoms with Gasteiger partial charge in [0, 0.05) is 13.1 Å². The zero-order valence-electron chi connectivity index (χ0n) is 11.1. The van der Waals surface area contributed by atoms with Gasteiger partial charge >= 0.3 is 6.18 Å². The van der Waals surface area contributed by atoms with Gasteiger partial charge in [-0.25, -0.2) is 12.8 Å². The Labute approximate surface area is 123 Å². The Bertz CT molecular complexity index is 676. The summed E-state index contributed by atoms with van der Waals surface area (Å²) >= 11 is 0. The number of halogens is 4. The summed E-state index contributed by atoms with van der Waals surface area (Å²) in [5.41, 5.74) is -2.92. The number of aliphatic hydroxyl groups is 2. The summed E-state index contributed by atoms with van der Waals surface area (Å²) in [5.74, 6) is -1.52. The van der Waals surface area contributed by atoms with Crippen LogP contribution in [0, 0.1) is 5.82 Å². The Morgan fingerprint density at radius 3 is 2.41 bits per heavy atom. The van der Waals surface area contributed by atoms with E-state index in [1.165, 1.54) is 0 Å². The van der Waals surface area contributed by atoms with Crippen LogP contribution in [0.4, 0.5) is 17.6 Å². The fraction of sp³-hybridized carbons (Fsp3) is 0.500. The molecule has 1 aliphatic rings. The standard InChI is InChI=1S/C12H13F4NO4S/c13-9-5-8(12(14,15)16)1-2-10(9)22(20,21)17-4-3-11(19,6-17)7-18/h1-2,5,18-19H,3-4,6-7H2. The van der Waals surface area contributed by atoms with E-state index in [1.54, 1.807) is 0 Å². The van der Waals surface area contributed by atoms with Crippen LogP contribution in [0.3, 0.4) is 0 Å². The molecule has 124 valence electrons. The van der Waals surface area contributed by atoms with E-state index in [0.717, 1.165) is 4.31 Å². The van der Waals surface area contributed by atoms with Crippen LogP contribution in [-0.2, 0) is 16.2 Å². The number of benzene rings is 1. The predicted molar refractivity (Wildman–Crippen MR) is 66.8 cm³/mol. The van der Waals surface area contributed by atoms with E-state index in [1.807, 2.05) is 0 Å². The molecule has 10 heteroatoms. The molecule has 0 aromatic heterocycles. The molecule has 1 fully saturated rings. The molecule has 0 amide bonds. The van der Waals surface area contributed by atoms with Crippen LogP contribution in [0.5, 0.6) is 0 Å². The molecular formula is C12H13F4NO4S. The molecule has 2 rings (SSSR count). The molecule has 5 nitrogen and oxygen atoms in total. The number of nitrogens with zero attached hydrogens (tertiary/aromatic N) is 1. The zero-order valence-corrected chi connectivity index (χ0v) is 12.0. The number of aliphatic hydroxyl groups excluding tert-OH is 1. The third-order valence-electron chi connectivity index (χ3n) is 3.47. The molecule has 1 aromatic carbocycles. The summed E-state index contributed by atoms with van der Waals surface area (Å²) in [6.45, 7) is -1.29. The van der Waals surface area contributed by atoms with Crippen molar-refractivity contribution in [2.24, 2.45) is 0 Å². The molecule has 1 unspecified atom stereocenters. The van der Waals surface area contributed by atoms with Crippen LogP contribution in [0.2, 0.25) is 0 Å². The van der Waals surface area contributed by atoms with E-state index in [4.69, 9.17) is 5.11 Å². The van der Waals surface area contributed by atoms with Crippen molar-refractivity contribution >= 4 is 10.0 Å². The minimum Gasteiger partial charge on any atom is -0.393 e. The van der Waals surface area contributed by atoms with Gasteiger partial charge in [0.25, 0.3) is 0 Å². The van der Waals surface area contributed by atoms with Crippen LogP contribution in [0.15, 0.2) is 23.1 Å². The summed E-state index contributed by atoms with van der Waals surface area (Å²) in [7, 11) is -4.39. The molecule has 1 aliphatic heterocycles. The highest BCUT2D eigenvalue weighted by atomic mass is 32.2. The van der Waals surface area contributed by atoms with Gasteiger partial charge in [-0.3, -0.25) is 0 Å². The lowest BCUT2D eigenvalue weighted by Gasteiger charge is -2.21. The Morgan fingerprint density at radius 1 is 1.32 bits per heavy atom. The quantitative estimate of drug-likeness (QED) is 0.802. The summed E-state index contributed by atoms with van der Waals surface area (Å²) in [6.07, 6.45) is -4.83. The van der Waals surface area contributed by atoms with Crippen LogP contribution in [0.1, 0.15) is 12.0 Å². The van der Waals surface area contributed by atoms with Gasteiger partial charge < -0.3 is 10.2 Å². The molecule has 0 aliphatic carbocycles. The Morgan fingerprint density at radius 2 is 1.95 bits per heavy atom. The Hall–Kier alpha value is -1.23. The number of hydrogen-bond acceptors (Lipinski definition) is 4. The first-order valence-corrected chi connectivity index (χ1v) is 7.64. The van der Waals surface area contributed by atoms with E-state index in [2.05, 4.69) is 0 Å². The van der Waals surface area contributed by atoms with Crippen molar-refractivity contribution in [2.75, 3.05) is 19.7 Å². The minimum atomic E-state index is -4.78. The molecular weight excluding hydrogens is 330 g/mol. The van der Waals surface area contributed by atoms with Crippen molar-refractivity contribution in [1.29, 1.82) is 0 Å². The molecule has 1 atom stereocenters. The van der Waals surface area contributed by atoms with Crippen LogP contribution >= 0.6 is 0 Å². The van der Waals surface area contributed by atoms with Crippen LogP contribution < -0.4 is 0 Å². The van der Waals surface area contributed by atoms with Crippen molar-refractivity contribution in [3.05, 3.63) is 29.6 Å². The van der Waals surface area contributed by atoms with E-state index in [9.17, 15) is 31.1 Å². The van der Waals surface area contributed by atoms with E-state index >= 15 is 0 Å². The molecule has 22 heavy (non-hydrogen) atoms. The second kappa shape index (κ2) is 5.44. The number of β-amino-alcohol motifs (C(OH)–C–C–N with tert-alkyl or cyclic N) is 1. The lowest BCUT2D eigenvalue weighted by Crippen LogP contribution is -2.39. The molecule has 1 saturated heterocycles. The largest absolute Gasteiger partial charge is 0.416 e. The van der Waals surface area contributed by atoms with Gasteiger partial charge in [0.1, 0.15) is 16.3 Å². The molecule has 2 N–H and O–H groups in total. The van der Waals surface area contributed by atoms with E-state index in [0.29, 0.717) is 12.1 Å². The van der Waals surface area contributed by atoms with Gasteiger partial charge in [0.15, 0.2) is 0 Å². The number of alkyl halides is 3. The smallest absolute Gasteiger partial charge is 0.393 e. The first kappa shape index (κ1) is 17.1. The lowest BCUT2D eigenvalue weighted by molar-refractivity contribution is -0.137. The molecule has 0 radical (unpaired) electrons. The first-order valence-electron chi connectivity index (χ1n) is 6.20. The summed E-state index contributed by atoms with van der Waals surface area (Å²) < 4.78 is 76.4. The molecule has 0 spiro atoms. The van der Waals surface area contributed by atoms with Crippen molar-refractivity contribution in [3.63, 3.8) is 0 Å². The van der Waals surface area contributed by atoms with Crippen molar-refractivity contribution in [3.8, 4) is 0 Å². The SMILES string of the molecule is O=S(=O)(c1ccc(C(F)(F)F)cc1F)N1CCC(O)(CO)C1. The van der Waals surface area contributed by atoms with Crippen molar-refractivity contribution in [1.82, 2.24) is 4.31 Å². The Balaban J connectivity index is 2.35. The molecule has 0 bridgehead atoms. The fourth-order valence-corrected chi connectivity index (χ4v) is 3.74. The van der Waals surface area contributed by atoms with Gasteiger partial charge in [-0.05, 0) is 24.6 Å². The summed E-state index contributed by atoms with van der Waals surface area (Å²) in [5, 5.41) is 18.8. The normalized spacial score (nSPS) is 23.9. The highest BCUT2D eigenvalue weighted by molar-refractivity contribution is 7.89. The average molecular weight is 343 g/mol.